The van der Waals surface area contributed by atoms with E-state index < -0.39 is 0 Å². The Labute approximate surface area is 118 Å². The number of hydrogen-bond donors (Lipinski definition) is 0. The maximum absolute atomic E-state index is 4.53. The topological polar surface area (TPSA) is 12.4 Å². The van der Waals surface area contributed by atoms with Crippen molar-refractivity contribution in [2.24, 2.45) is 4.99 Å². The number of aryl methyl sites for hydroxylation is 1. The number of aliphatic imine (C=N–C) groups is 1. The molecule has 0 heterocycles. The average molecular weight is 255 g/mol. The summed E-state index contributed by atoms with van der Waals surface area (Å²) in [5, 5.41) is 0. The molecule has 0 amide bonds. The minimum atomic E-state index is 0.933. The lowest BCUT2D eigenvalue weighted by Gasteiger charge is -2.09. The molecule has 0 aromatic heterocycles. The summed E-state index contributed by atoms with van der Waals surface area (Å²) in [5.41, 5.74) is 4.34. The fraction of sp³-hybridized carbons (Fsp3) is 0.278. The summed E-state index contributed by atoms with van der Waals surface area (Å²) >= 11 is 0. The first-order valence-electron chi connectivity index (χ1n) is 6.82. The zero-order chi connectivity index (χ0) is 14.7. The smallest absolute Gasteiger partial charge is 0.0733 e. The second-order valence-corrected chi connectivity index (χ2v) is 3.75. The first-order valence-corrected chi connectivity index (χ1v) is 6.82. The van der Waals surface area contributed by atoms with Gasteiger partial charge in [-0.05, 0) is 24.5 Å². The zero-order valence-corrected chi connectivity index (χ0v) is 12.6. The lowest BCUT2D eigenvalue weighted by molar-refractivity contribution is 1.30. The molecule has 1 aromatic rings. The average Bonchev–Trinajstić information content (AvgIpc) is 2.45. The Morgan fingerprint density at radius 1 is 1.26 bits per heavy atom. The molecule has 102 valence electrons. The lowest BCUT2D eigenvalue weighted by atomic mass is 10.0. The Morgan fingerprint density at radius 3 is 2.47 bits per heavy atom. The second kappa shape index (κ2) is 10.1. The SMILES string of the molecule is C=C/C=C(\C=C)c1cccc(C)c1N=CCC.CC. The number of hydrogen-bond acceptors (Lipinski definition) is 1. The lowest BCUT2D eigenvalue weighted by Crippen LogP contribution is -1.86. The van der Waals surface area contributed by atoms with E-state index in [4.69, 9.17) is 0 Å². The predicted octanol–water partition coefficient (Wildman–Crippen LogP) is 5.89. The molecule has 0 saturated heterocycles. The maximum Gasteiger partial charge on any atom is 0.0733 e. The Balaban J connectivity index is 0.00000154. The largest absolute Gasteiger partial charge is 0.260 e. The minimum Gasteiger partial charge on any atom is -0.260 e. The molecule has 1 heteroatoms. The number of benzene rings is 1. The van der Waals surface area contributed by atoms with Gasteiger partial charge in [0.25, 0.3) is 0 Å². The van der Waals surface area contributed by atoms with Crippen LogP contribution in [0.15, 0.2) is 54.6 Å². The van der Waals surface area contributed by atoms with Crippen molar-refractivity contribution in [1.29, 1.82) is 0 Å². The van der Waals surface area contributed by atoms with Crippen molar-refractivity contribution >= 4 is 17.5 Å². The quantitative estimate of drug-likeness (QED) is 0.459. The van der Waals surface area contributed by atoms with Gasteiger partial charge in [0.15, 0.2) is 0 Å². The van der Waals surface area contributed by atoms with Gasteiger partial charge in [-0.2, -0.15) is 0 Å². The molecule has 0 aliphatic carbocycles. The van der Waals surface area contributed by atoms with E-state index in [1.54, 1.807) is 6.08 Å². The molecule has 0 N–H and O–H groups in total. The highest BCUT2D eigenvalue weighted by Gasteiger charge is 2.05. The molecule has 0 saturated carbocycles. The van der Waals surface area contributed by atoms with Crippen molar-refractivity contribution in [3.8, 4) is 0 Å². The molecular formula is C18H25N. The molecule has 0 bridgehead atoms. The van der Waals surface area contributed by atoms with E-state index in [0.29, 0.717) is 0 Å². The van der Waals surface area contributed by atoms with Gasteiger partial charge in [0, 0.05) is 11.8 Å². The van der Waals surface area contributed by atoms with Crippen molar-refractivity contribution in [2.45, 2.75) is 34.1 Å². The molecular weight excluding hydrogens is 230 g/mol. The Hall–Kier alpha value is -1.89. The summed E-state index contributed by atoms with van der Waals surface area (Å²) in [6, 6.07) is 6.17. The predicted molar refractivity (Wildman–Crippen MR) is 89.3 cm³/mol. The summed E-state index contributed by atoms with van der Waals surface area (Å²) in [5.74, 6) is 0. The van der Waals surface area contributed by atoms with E-state index in [-0.39, 0.29) is 0 Å². The Kier molecular flexibility index (Phi) is 9.07. The van der Waals surface area contributed by atoms with Gasteiger partial charge in [-0.3, -0.25) is 4.99 Å². The summed E-state index contributed by atoms with van der Waals surface area (Å²) in [6.45, 7) is 15.7. The van der Waals surface area contributed by atoms with Crippen molar-refractivity contribution < 1.29 is 0 Å². The highest BCUT2D eigenvalue weighted by atomic mass is 14.7. The monoisotopic (exact) mass is 255 g/mol. The van der Waals surface area contributed by atoms with Gasteiger partial charge in [-0.25, -0.2) is 0 Å². The summed E-state index contributed by atoms with van der Waals surface area (Å²) in [4.78, 5) is 4.53. The highest BCUT2D eigenvalue weighted by Crippen LogP contribution is 2.30. The van der Waals surface area contributed by atoms with E-state index in [1.165, 1.54) is 5.56 Å². The van der Waals surface area contributed by atoms with E-state index in [1.807, 2.05) is 38.3 Å². The molecule has 0 unspecified atom stereocenters. The summed E-state index contributed by atoms with van der Waals surface area (Å²) in [7, 11) is 0. The van der Waals surface area contributed by atoms with Crippen molar-refractivity contribution in [1.82, 2.24) is 0 Å². The molecule has 0 fully saturated rings. The normalized spacial score (nSPS) is 10.8. The van der Waals surface area contributed by atoms with Gasteiger partial charge in [0.05, 0.1) is 5.69 Å². The third-order valence-electron chi connectivity index (χ3n) is 2.47. The van der Waals surface area contributed by atoms with Gasteiger partial charge in [0.2, 0.25) is 0 Å². The number of nitrogens with zero attached hydrogens (tertiary/aromatic N) is 1. The third-order valence-corrected chi connectivity index (χ3v) is 2.47. The van der Waals surface area contributed by atoms with Gasteiger partial charge in [0.1, 0.15) is 0 Å². The van der Waals surface area contributed by atoms with Crippen molar-refractivity contribution in [3.63, 3.8) is 0 Å². The van der Waals surface area contributed by atoms with E-state index >= 15 is 0 Å². The second-order valence-electron chi connectivity index (χ2n) is 3.75. The van der Waals surface area contributed by atoms with Crippen LogP contribution in [0.4, 0.5) is 5.69 Å². The fourth-order valence-electron chi connectivity index (χ4n) is 1.64. The van der Waals surface area contributed by atoms with E-state index in [9.17, 15) is 0 Å². The van der Waals surface area contributed by atoms with E-state index in [0.717, 1.165) is 23.2 Å². The highest BCUT2D eigenvalue weighted by molar-refractivity contribution is 5.84. The standard InChI is InChI=1S/C16H19N.C2H6/c1-5-9-14(7-3)15-11-8-10-13(4)16(15)17-12-6-2;1-2/h5,7-12H,1,3,6H2,2,4H3;1-2H3/b14-9+,17-12?;. The van der Waals surface area contributed by atoms with Crippen LogP contribution in [-0.2, 0) is 0 Å². The van der Waals surface area contributed by atoms with Crippen LogP contribution in [-0.4, -0.2) is 6.21 Å². The van der Waals surface area contributed by atoms with Crippen molar-refractivity contribution in [3.05, 3.63) is 60.7 Å². The maximum atomic E-state index is 4.53. The van der Waals surface area contributed by atoms with Gasteiger partial charge in [-0.15, -0.1) is 0 Å². The molecule has 19 heavy (non-hydrogen) atoms. The molecule has 0 aliphatic rings. The third kappa shape index (κ3) is 5.09. The Morgan fingerprint density at radius 2 is 1.95 bits per heavy atom. The van der Waals surface area contributed by atoms with Crippen LogP contribution in [0.25, 0.3) is 5.57 Å². The first-order chi connectivity index (χ1) is 9.24. The number of allylic oxidation sites excluding steroid dienone is 4. The molecule has 0 spiro atoms. The van der Waals surface area contributed by atoms with Crippen molar-refractivity contribution in [2.75, 3.05) is 0 Å². The first kappa shape index (κ1) is 17.1. The van der Waals surface area contributed by atoms with Crippen LogP contribution >= 0.6 is 0 Å². The van der Waals surface area contributed by atoms with Crippen LogP contribution in [0.5, 0.6) is 0 Å². The van der Waals surface area contributed by atoms with Gasteiger partial charge in [-0.1, -0.05) is 70.4 Å². The summed E-state index contributed by atoms with van der Waals surface area (Å²) in [6.07, 6.45) is 8.42. The molecule has 1 aromatic carbocycles. The van der Waals surface area contributed by atoms with Crippen LogP contribution in [0.2, 0.25) is 0 Å². The van der Waals surface area contributed by atoms with Crippen LogP contribution < -0.4 is 0 Å². The van der Waals surface area contributed by atoms with Crippen LogP contribution in [0.1, 0.15) is 38.3 Å². The molecule has 0 atom stereocenters. The van der Waals surface area contributed by atoms with Crippen LogP contribution in [0.3, 0.4) is 0 Å². The van der Waals surface area contributed by atoms with Gasteiger partial charge >= 0.3 is 0 Å². The molecule has 0 aliphatic heterocycles. The van der Waals surface area contributed by atoms with Gasteiger partial charge < -0.3 is 0 Å². The zero-order valence-electron chi connectivity index (χ0n) is 12.6. The summed E-state index contributed by atoms with van der Waals surface area (Å²) < 4.78 is 0. The molecule has 1 rings (SSSR count). The number of rotatable bonds is 5. The Bertz CT molecular complexity index is 465. The molecule has 0 radical (unpaired) electrons. The molecule has 1 nitrogen and oxygen atoms in total. The number of para-hydroxylation sites is 1. The fourth-order valence-corrected chi connectivity index (χ4v) is 1.64. The van der Waals surface area contributed by atoms with E-state index in [2.05, 4.69) is 44.1 Å². The minimum absolute atomic E-state index is 0.933. The van der Waals surface area contributed by atoms with Crippen LogP contribution in [0, 0.1) is 6.92 Å².